The number of alkyl halides is 1. The van der Waals surface area contributed by atoms with E-state index in [0.29, 0.717) is 17.0 Å². The summed E-state index contributed by atoms with van der Waals surface area (Å²) < 4.78 is 5.80. The number of hydrogen-bond acceptors (Lipinski definition) is 2. The van der Waals surface area contributed by atoms with Crippen molar-refractivity contribution in [3.05, 3.63) is 58.4 Å². The van der Waals surface area contributed by atoms with E-state index in [0.717, 1.165) is 22.6 Å². The SMILES string of the molecule is Cc1cccnc1COc1c(Cl)cccc1CBr. The Morgan fingerprint density at radius 2 is 2.11 bits per heavy atom. The number of aromatic nitrogens is 1. The van der Waals surface area contributed by atoms with Gasteiger partial charge in [0, 0.05) is 17.1 Å². The Bertz CT molecular complexity index is 545. The van der Waals surface area contributed by atoms with Crippen LogP contribution in [0.1, 0.15) is 16.8 Å². The third-order valence-electron chi connectivity index (χ3n) is 2.66. The van der Waals surface area contributed by atoms with Gasteiger partial charge in [0.2, 0.25) is 0 Å². The van der Waals surface area contributed by atoms with Crippen LogP contribution in [0.4, 0.5) is 0 Å². The van der Waals surface area contributed by atoms with Crippen molar-refractivity contribution >= 4 is 27.5 Å². The molecule has 0 aliphatic heterocycles. The Labute approximate surface area is 120 Å². The van der Waals surface area contributed by atoms with Gasteiger partial charge in [-0.25, -0.2) is 0 Å². The van der Waals surface area contributed by atoms with Crippen molar-refractivity contribution in [2.24, 2.45) is 0 Å². The summed E-state index contributed by atoms with van der Waals surface area (Å²) in [5.41, 5.74) is 3.08. The van der Waals surface area contributed by atoms with E-state index < -0.39 is 0 Å². The first-order valence-electron chi connectivity index (χ1n) is 5.59. The molecule has 4 heteroatoms. The summed E-state index contributed by atoms with van der Waals surface area (Å²) >= 11 is 9.58. The van der Waals surface area contributed by atoms with Crippen LogP contribution in [0.2, 0.25) is 5.02 Å². The highest BCUT2D eigenvalue weighted by molar-refractivity contribution is 9.08. The third kappa shape index (κ3) is 3.03. The molecule has 2 nitrogen and oxygen atoms in total. The fourth-order valence-corrected chi connectivity index (χ4v) is 2.32. The quantitative estimate of drug-likeness (QED) is 0.771. The minimum Gasteiger partial charge on any atom is -0.485 e. The lowest BCUT2D eigenvalue weighted by Crippen LogP contribution is -2.02. The molecule has 0 atom stereocenters. The van der Waals surface area contributed by atoms with Gasteiger partial charge in [-0.1, -0.05) is 45.7 Å². The Kier molecular flexibility index (Phi) is 4.61. The first-order chi connectivity index (χ1) is 8.72. The summed E-state index contributed by atoms with van der Waals surface area (Å²) in [5, 5.41) is 1.34. The molecular formula is C14H13BrClNO. The number of aryl methyl sites for hydroxylation is 1. The van der Waals surface area contributed by atoms with Gasteiger partial charge in [-0.05, 0) is 24.6 Å². The molecule has 18 heavy (non-hydrogen) atoms. The van der Waals surface area contributed by atoms with Gasteiger partial charge in [0.25, 0.3) is 0 Å². The fraction of sp³-hybridized carbons (Fsp3) is 0.214. The molecule has 2 rings (SSSR count). The lowest BCUT2D eigenvalue weighted by molar-refractivity contribution is 0.298. The number of nitrogens with zero attached hydrogens (tertiary/aromatic N) is 1. The van der Waals surface area contributed by atoms with Crippen LogP contribution in [-0.2, 0) is 11.9 Å². The largest absolute Gasteiger partial charge is 0.485 e. The molecule has 0 aliphatic rings. The number of benzene rings is 1. The average Bonchev–Trinajstić information content (AvgIpc) is 2.39. The van der Waals surface area contributed by atoms with Crippen LogP contribution in [-0.4, -0.2) is 4.98 Å². The molecule has 0 bridgehead atoms. The molecule has 0 N–H and O–H groups in total. The molecule has 2 aromatic rings. The van der Waals surface area contributed by atoms with Crippen LogP contribution in [0.15, 0.2) is 36.5 Å². The second-order valence-electron chi connectivity index (χ2n) is 3.92. The van der Waals surface area contributed by atoms with Crippen molar-refractivity contribution < 1.29 is 4.74 Å². The molecule has 1 heterocycles. The number of hydrogen-bond donors (Lipinski definition) is 0. The van der Waals surface area contributed by atoms with E-state index in [9.17, 15) is 0 Å². The zero-order valence-corrected chi connectivity index (χ0v) is 12.3. The molecule has 0 fully saturated rings. The number of rotatable bonds is 4. The zero-order valence-electron chi connectivity index (χ0n) is 9.99. The lowest BCUT2D eigenvalue weighted by Gasteiger charge is -2.12. The van der Waals surface area contributed by atoms with E-state index in [2.05, 4.69) is 20.9 Å². The molecule has 0 aliphatic carbocycles. The van der Waals surface area contributed by atoms with Crippen molar-refractivity contribution in [3.63, 3.8) is 0 Å². The molecule has 0 spiro atoms. The zero-order chi connectivity index (χ0) is 13.0. The summed E-state index contributed by atoms with van der Waals surface area (Å²) in [7, 11) is 0. The van der Waals surface area contributed by atoms with E-state index in [-0.39, 0.29) is 0 Å². The van der Waals surface area contributed by atoms with E-state index in [1.807, 2.05) is 37.3 Å². The summed E-state index contributed by atoms with van der Waals surface area (Å²) in [6, 6.07) is 9.66. The minimum atomic E-state index is 0.427. The first-order valence-corrected chi connectivity index (χ1v) is 7.09. The molecule has 1 aromatic heterocycles. The number of halogens is 2. The maximum Gasteiger partial charge on any atom is 0.142 e. The average molecular weight is 327 g/mol. The molecule has 0 amide bonds. The summed E-state index contributed by atoms with van der Waals surface area (Å²) in [5.74, 6) is 0.723. The smallest absolute Gasteiger partial charge is 0.142 e. The fourth-order valence-electron chi connectivity index (χ4n) is 1.63. The Hall–Kier alpha value is -1.06. The van der Waals surface area contributed by atoms with E-state index in [1.54, 1.807) is 6.20 Å². The van der Waals surface area contributed by atoms with Gasteiger partial charge in [0.1, 0.15) is 12.4 Å². The highest BCUT2D eigenvalue weighted by Crippen LogP contribution is 2.30. The van der Waals surface area contributed by atoms with Crippen molar-refractivity contribution in [2.45, 2.75) is 18.9 Å². The predicted octanol–water partition coefficient (Wildman–Crippen LogP) is 4.52. The molecule has 0 saturated heterocycles. The molecule has 0 unspecified atom stereocenters. The topological polar surface area (TPSA) is 22.1 Å². The van der Waals surface area contributed by atoms with E-state index >= 15 is 0 Å². The summed E-state index contributed by atoms with van der Waals surface area (Å²) in [6.07, 6.45) is 1.77. The third-order valence-corrected chi connectivity index (χ3v) is 3.57. The molecular weight excluding hydrogens is 314 g/mol. The van der Waals surface area contributed by atoms with Crippen LogP contribution in [0, 0.1) is 6.92 Å². The van der Waals surface area contributed by atoms with Crippen LogP contribution < -0.4 is 4.74 Å². The van der Waals surface area contributed by atoms with E-state index in [1.165, 1.54) is 0 Å². The van der Waals surface area contributed by atoms with E-state index in [4.69, 9.17) is 16.3 Å². The van der Waals surface area contributed by atoms with Crippen molar-refractivity contribution in [1.82, 2.24) is 4.98 Å². The number of para-hydroxylation sites is 1. The first kappa shape index (κ1) is 13.4. The second kappa shape index (κ2) is 6.21. The molecule has 94 valence electrons. The molecule has 0 saturated carbocycles. The van der Waals surface area contributed by atoms with Crippen LogP contribution >= 0.6 is 27.5 Å². The number of pyridine rings is 1. The van der Waals surface area contributed by atoms with Crippen LogP contribution in [0.25, 0.3) is 0 Å². The van der Waals surface area contributed by atoms with Crippen molar-refractivity contribution in [2.75, 3.05) is 0 Å². The summed E-state index contributed by atoms with van der Waals surface area (Å²) in [4.78, 5) is 4.30. The van der Waals surface area contributed by atoms with Gasteiger partial charge in [-0.2, -0.15) is 0 Å². The maximum absolute atomic E-state index is 6.15. The van der Waals surface area contributed by atoms with Gasteiger partial charge in [-0.15, -0.1) is 0 Å². The Morgan fingerprint density at radius 3 is 2.83 bits per heavy atom. The predicted molar refractivity (Wildman–Crippen MR) is 77.4 cm³/mol. The minimum absolute atomic E-state index is 0.427. The molecule has 0 radical (unpaired) electrons. The molecule has 1 aromatic carbocycles. The van der Waals surface area contributed by atoms with Crippen molar-refractivity contribution in [1.29, 1.82) is 0 Å². The normalized spacial score (nSPS) is 10.4. The van der Waals surface area contributed by atoms with Crippen LogP contribution in [0.3, 0.4) is 0 Å². The second-order valence-corrected chi connectivity index (χ2v) is 4.89. The Balaban J connectivity index is 2.18. The van der Waals surface area contributed by atoms with Gasteiger partial charge >= 0.3 is 0 Å². The highest BCUT2D eigenvalue weighted by atomic mass is 79.9. The number of ether oxygens (including phenoxy) is 1. The highest BCUT2D eigenvalue weighted by Gasteiger charge is 2.08. The monoisotopic (exact) mass is 325 g/mol. The summed E-state index contributed by atoms with van der Waals surface area (Å²) in [6.45, 7) is 2.44. The van der Waals surface area contributed by atoms with Gasteiger partial charge in [-0.3, -0.25) is 4.98 Å². The lowest BCUT2D eigenvalue weighted by atomic mass is 10.2. The van der Waals surface area contributed by atoms with Crippen molar-refractivity contribution in [3.8, 4) is 5.75 Å². The maximum atomic E-state index is 6.15. The van der Waals surface area contributed by atoms with Crippen LogP contribution in [0.5, 0.6) is 5.75 Å². The standard InChI is InChI=1S/C14H13BrClNO/c1-10-4-3-7-17-13(10)9-18-14-11(8-15)5-2-6-12(14)16/h2-7H,8-9H2,1H3. The van der Waals surface area contributed by atoms with Gasteiger partial charge < -0.3 is 4.74 Å². The Morgan fingerprint density at radius 1 is 1.28 bits per heavy atom. The van der Waals surface area contributed by atoms with Gasteiger partial charge in [0.05, 0.1) is 10.7 Å². The van der Waals surface area contributed by atoms with Gasteiger partial charge in [0.15, 0.2) is 0 Å².